The third kappa shape index (κ3) is 5.87. The van der Waals surface area contributed by atoms with Crippen molar-refractivity contribution in [2.45, 2.75) is 32.1 Å². The molecule has 0 radical (unpaired) electrons. The van der Waals surface area contributed by atoms with Crippen molar-refractivity contribution in [3.8, 4) is 0 Å². The largest absolute Gasteiger partial charge is 0.326 e. The van der Waals surface area contributed by atoms with E-state index < -0.39 is 0 Å². The van der Waals surface area contributed by atoms with Crippen LogP contribution in [0.2, 0.25) is 0 Å². The predicted molar refractivity (Wildman–Crippen MR) is 81.8 cm³/mol. The zero-order chi connectivity index (χ0) is 13.2. The molecule has 1 amide bonds. The summed E-state index contributed by atoms with van der Waals surface area (Å²) >= 11 is 8.76. The maximum absolute atomic E-state index is 10.9. The number of hydrogen-bond donors (Lipinski definition) is 1. The van der Waals surface area contributed by atoms with E-state index in [1.807, 2.05) is 18.2 Å². The van der Waals surface area contributed by atoms with Gasteiger partial charge in [0.25, 0.3) is 0 Å². The van der Waals surface area contributed by atoms with Gasteiger partial charge in [0, 0.05) is 23.3 Å². The molecule has 0 atom stereocenters. The van der Waals surface area contributed by atoms with Gasteiger partial charge in [-0.1, -0.05) is 40.5 Å². The van der Waals surface area contributed by atoms with Crippen LogP contribution in [0.25, 0.3) is 0 Å². The van der Waals surface area contributed by atoms with Crippen molar-refractivity contribution in [2.75, 3.05) is 16.5 Å². The number of hydrogen-bond acceptors (Lipinski definition) is 1. The van der Waals surface area contributed by atoms with Gasteiger partial charge in [0.2, 0.25) is 5.91 Å². The van der Waals surface area contributed by atoms with E-state index in [1.165, 1.54) is 18.4 Å². The van der Waals surface area contributed by atoms with E-state index in [2.05, 4.69) is 27.3 Å². The molecule has 0 bridgehead atoms. The fourth-order valence-electron chi connectivity index (χ4n) is 1.69. The van der Waals surface area contributed by atoms with Crippen molar-refractivity contribution in [3.63, 3.8) is 0 Å². The Morgan fingerprint density at radius 1 is 1.17 bits per heavy atom. The molecule has 18 heavy (non-hydrogen) atoms. The lowest BCUT2D eigenvalue weighted by Gasteiger charge is -2.15. The van der Waals surface area contributed by atoms with Crippen molar-refractivity contribution in [1.29, 1.82) is 0 Å². The Labute approximate surface area is 122 Å². The van der Waals surface area contributed by atoms with Crippen molar-refractivity contribution >= 4 is 39.1 Å². The highest BCUT2D eigenvalue weighted by molar-refractivity contribution is 9.09. The first-order valence-corrected chi connectivity index (χ1v) is 7.93. The Morgan fingerprint density at radius 2 is 1.94 bits per heavy atom. The van der Waals surface area contributed by atoms with Crippen molar-refractivity contribution in [1.82, 2.24) is 0 Å². The second-order valence-electron chi connectivity index (χ2n) is 4.14. The molecule has 2 rings (SSSR count). The highest BCUT2D eigenvalue weighted by Crippen LogP contribution is 2.20. The van der Waals surface area contributed by atoms with Crippen molar-refractivity contribution in [3.05, 3.63) is 29.8 Å². The maximum atomic E-state index is 10.9. The molecular formula is C14H19BrClNO. The Morgan fingerprint density at radius 3 is 2.67 bits per heavy atom. The molecule has 0 aliphatic carbocycles. The van der Waals surface area contributed by atoms with Gasteiger partial charge in [-0.3, -0.25) is 4.79 Å². The van der Waals surface area contributed by atoms with Gasteiger partial charge in [-0.2, -0.15) is 0 Å². The molecule has 0 saturated carbocycles. The lowest BCUT2D eigenvalue weighted by molar-refractivity contribution is -0.116. The first kappa shape index (κ1) is 15.5. The molecule has 2 nitrogen and oxygen atoms in total. The van der Waals surface area contributed by atoms with E-state index in [9.17, 15) is 4.79 Å². The van der Waals surface area contributed by atoms with Gasteiger partial charge >= 0.3 is 0 Å². The number of aryl methyl sites for hydroxylation is 1. The van der Waals surface area contributed by atoms with Gasteiger partial charge in [-0.15, -0.1) is 11.6 Å². The summed E-state index contributed by atoms with van der Waals surface area (Å²) in [5, 5.41) is 3.94. The summed E-state index contributed by atoms with van der Waals surface area (Å²) in [6, 6.07) is 7.92. The van der Waals surface area contributed by atoms with E-state index in [0.717, 1.165) is 29.7 Å². The fraction of sp³-hybridized carbons (Fsp3) is 0.500. The summed E-state index contributed by atoms with van der Waals surface area (Å²) in [5.74, 6) is 0.941. The molecule has 0 unspecified atom stereocenters. The number of carbonyl (C=O) groups excluding carboxylic acids is 1. The zero-order valence-electron chi connectivity index (χ0n) is 10.4. The number of fused-ring (bicyclic) bond motifs is 1. The van der Waals surface area contributed by atoms with Crippen LogP contribution >= 0.6 is 27.5 Å². The molecule has 1 aromatic carbocycles. The summed E-state index contributed by atoms with van der Waals surface area (Å²) in [5.41, 5.74) is 2.22. The predicted octanol–water partition coefficient (Wildman–Crippen LogP) is 4.36. The third-order valence-corrected chi connectivity index (χ3v) is 3.51. The van der Waals surface area contributed by atoms with Crippen LogP contribution in [-0.2, 0) is 11.2 Å². The number of halogens is 2. The minimum atomic E-state index is 0.128. The molecule has 100 valence electrons. The highest BCUT2D eigenvalue weighted by atomic mass is 79.9. The summed E-state index contributed by atoms with van der Waals surface area (Å²) in [6.45, 7) is 0. The number of alkyl halides is 2. The normalized spacial score (nSPS) is 13.1. The summed E-state index contributed by atoms with van der Waals surface area (Å²) < 4.78 is 0. The van der Waals surface area contributed by atoms with E-state index in [4.69, 9.17) is 11.6 Å². The second-order valence-corrected chi connectivity index (χ2v) is 5.31. The van der Waals surface area contributed by atoms with E-state index in [-0.39, 0.29) is 5.91 Å². The molecule has 0 saturated heterocycles. The summed E-state index contributed by atoms with van der Waals surface area (Å²) in [4.78, 5) is 10.9. The van der Waals surface area contributed by atoms with Crippen LogP contribution in [0.3, 0.4) is 0 Å². The van der Waals surface area contributed by atoms with Gasteiger partial charge in [-0.05, 0) is 30.9 Å². The molecule has 0 aromatic heterocycles. The molecule has 1 heterocycles. The first-order chi connectivity index (χ1) is 8.77. The van der Waals surface area contributed by atoms with Crippen LogP contribution < -0.4 is 5.32 Å². The third-order valence-electron chi connectivity index (χ3n) is 2.68. The van der Waals surface area contributed by atoms with Crippen LogP contribution in [0.5, 0.6) is 0 Å². The second kappa shape index (κ2) is 9.40. The van der Waals surface area contributed by atoms with E-state index in [0.29, 0.717) is 6.42 Å². The minimum absolute atomic E-state index is 0.128. The molecule has 1 N–H and O–H groups in total. The van der Waals surface area contributed by atoms with Crippen molar-refractivity contribution in [2.24, 2.45) is 0 Å². The Hall–Kier alpha value is -0.540. The van der Waals surface area contributed by atoms with Gasteiger partial charge in [0.15, 0.2) is 0 Å². The fourth-order valence-corrected chi connectivity index (χ4v) is 2.27. The summed E-state index contributed by atoms with van der Waals surface area (Å²) in [6.07, 6.45) is 5.17. The Kier molecular flexibility index (Phi) is 8.10. The zero-order valence-corrected chi connectivity index (χ0v) is 12.8. The monoisotopic (exact) mass is 331 g/mol. The number of benzene rings is 1. The molecular weight excluding hydrogens is 314 g/mol. The number of amides is 1. The van der Waals surface area contributed by atoms with Crippen LogP contribution in [0.15, 0.2) is 24.3 Å². The first-order valence-electron chi connectivity index (χ1n) is 6.27. The molecule has 1 aromatic rings. The van der Waals surface area contributed by atoms with Crippen LogP contribution in [0.1, 0.15) is 31.2 Å². The number of anilines is 1. The number of rotatable bonds is 4. The highest BCUT2D eigenvalue weighted by Gasteiger charge is 2.12. The van der Waals surface area contributed by atoms with Gasteiger partial charge in [0.1, 0.15) is 0 Å². The van der Waals surface area contributed by atoms with E-state index in [1.54, 1.807) is 0 Å². The lowest BCUT2D eigenvalue weighted by atomic mass is 10.0. The smallest absolute Gasteiger partial charge is 0.224 e. The van der Waals surface area contributed by atoms with Crippen LogP contribution in [0.4, 0.5) is 5.69 Å². The Balaban J connectivity index is 0.000000203. The van der Waals surface area contributed by atoms with Gasteiger partial charge < -0.3 is 5.32 Å². The average molecular weight is 333 g/mol. The number of nitrogens with one attached hydrogen (secondary N) is 1. The standard InChI is InChI=1S/C9H9NO.C5H10BrCl/c11-9-6-5-7-3-1-2-4-8(7)10-9;6-4-2-1-3-5-7/h1-4H,5-6H2,(H,10,11);1-5H2. The van der Waals surface area contributed by atoms with Crippen LogP contribution in [0, 0.1) is 0 Å². The molecule has 4 heteroatoms. The van der Waals surface area contributed by atoms with Gasteiger partial charge in [-0.25, -0.2) is 0 Å². The summed E-state index contributed by atoms with van der Waals surface area (Å²) in [7, 11) is 0. The molecule has 0 fully saturated rings. The molecule has 1 aliphatic rings. The SMILES string of the molecule is ClCCCCCBr.O=C1CCc2ccccc2N1. The lowest BCUT2D eigenvalue weighted by Crippen LogP contribution is -2.18. The van der Waals surface area contributed by atoms with E-state index >= 15 is 0 Å². The quantitative estimate of drug-likeness (QED) is 0.644. The topological polar surface area (TPSA) is 29.1 Å². The molecule has 1 aliphatic heterocycles. The molecule has 0 spiro atoms. The minimum Gasteiger partial charge on any atom is -0.326 e. The number of carbonyl (C=O) groups is 1. The van der Waals surface area contributed by atoms with Gasteiger partial charge in [0.05, 0.1) is 0 Å². The Bertz CT molecular complexity index is 367. The van der Waals surface area contributed by atoms with Crippen molar-refractivity contribution < 1.29 is 4.79 Å². The maximum Gasteiger partial charge on any atom is 0.224 e. The number of unbranched alkanes of at least 4 members (excludes halogenated alkanes) is 2. The number of para-hydroxylation sites is 1. The average Bonchev–Trinajstić information content (AvgIpc) is 2.40. The van der Waals surface area contributed by atoms with Crippen LogP contribution in [-0.4, -0.2) is 17.1 Å².